The number of nitrogens with zero attached hydrogens (tertiary/aromatic N) is 1. The molecule has 4 heteroatoms. The molecule has 0 radical (unpaired) electrons. The normalized spacial score (nSPS) is 20.6. The summed E-state index contributed by atoms with van der Waals surface area (Å²) in [5, 5.41) is 3.21. The highest BCUT2D eigenvalue weighted by Crippen LogP contribution is 2.23. The zero-order valence-corrected chi connectivity index (χ0v) is 12.6. The van der Waals surface area contributed by atoms with Gasteiger partial charge in [0.05, 0.1) is 6.04 Å². The molecule has 1 saturated heterocycles. The maximum atomic E-state index is 12.0. The van der Waals surface area contributed by atoms with Crippen LogP contribution in [-0.2, 0) is 9.59 Å². The van der Waals surface area contributed by atoms with Crippen LogP contribution in [0.5, 0.6) is 0 Å². The first-order chi connectivity index (χ1) is 9.42. The summed E-state index contributed by atoms with van der Waals surface area (Å²) in [5.74, 6) is -0.300. The van der Waals surface area contributed by atoms with Crippen LogP contribution < -0.4 is 5.32 Å². The minimum absolute atomic E-state index is 0.0215. The topological polar surface area (TPSA) is 49.4 Å². The summed E-state index contributed by atoms with van der Waals surface area (Å²) in [4.78, 5) is 25.3. The van der Waals surface area contributed by atoms with Gasteiger partial charge in [-0.25, -0.2) is 0 Å². The van der Waals surface area contributed by atoms with Crippen LogP contribution in [-0.4, -0.2) is 30.3 Å². The fourth-order valence-electron chi connectivity index (χ4n) is 2.80. The smallest absolute Gasteiger partial charge is 0.232 e. The molecule has 0 bridgehead atoms. The molecule has 0 aliphatic carbocycles. The van der Waals surface area contributed by atoms with Gasteiger partial charge in [0.25, 0.3) is 0 Å². The Bertz CT molecular complexity index is 519. The number of benzene rings is 1. The Hall–Kier alpha value is -1.68. The van der Waals surface area contributed by atoms with E-state index in [2.05, 4.69) is 37.4 Å². The highest BCUT2D eigenvalue weighted by atomic mass is 16.2. The second-order valence-corrected chi connectivity index (χ2v) is 5.71. The summed E-state index contributed by atoms with van der Waals surface area (Å²) in [6.07, 6.45) is 0.335. The summed E-state index contributed by atoms with van der Waals surface area (Å²) in [6.45, 7) is 6.32. The monoisotopic (exact) mass is 274 g/mol. The Morgan fingerprint density at radius 1 is 1.25 bits per heavy atom. The number of rotatable bonds is 4. The first kappa shape index (κ1) is 14.7. The number of carbonyl (C=O) groups is 2. The van der Waals surface area contributed by atoms with Gasteiger partial charge in [0.15, 0.2) is 0 Å². The summed E-state index contributed by atoms with van der Waals surface area (Å²) in [5.41, 5.74) is 3.49. The number of hydrogen-bond acceptors (Lipinski definition) is 3. The third-order valence-corrected chi connectivity index (χ3v) is 3.83. The van der Waals surface area contributed by atoms with Gasteiger partial charge in [0, 0.05) is 18.9 Å². The molecule has 1 fully saturated rings. The lowest BCUT2D eigenvalue weighted by molar-refractivity contribution is -0.139. The fourth-order valence-corrected chi connectivity index (χ4v) is 2.80. The number of likely N-dealkylation sites (tertiary alicyclic amines) is 1. The molecule has 2 unspecified atom stereocenters. The minimum atomic E-state index is -0.181. The molecule has 1 aliphatic heterocycles. The summed E-state index contributed by atoms with van der Waals surface area (Å²) in [7, 11) is 1.86. The second-order valence-electron chi connectivity index (χ2n) is 5.71. The van der Waals surface area contributed by atoms with Crippen molar-refractivity contribution in [2.45, 2.75) is 33.2 Å². The maximum Gasteiger partial charge on any atom is 0.232 e. The van der Waals surface area contributed by atoms with Gasteiger partial charge in [-0.15, -0.1) is 0 Å². The third-order valence-electron chi connectivity index (χ3n) is 3.83. The van der Waals surface area contributed by atoms with Crippen molar-refractivity contribution < 1.29 is 9.59 Å². The van der Waals surface area contributed by atoms with E-state index in [0.717, 1.165) is 5.56 Å². The van der Waals surface area contributed by atoms with E-state index >= 15 is 0 Å². The number of nitrogens with one attached hydrogen (secondary N) is 1. The highest BCUT2D eigenvalue weighted by Gasteiger charge is 2.36. The maximum absolute atomic E-state index is 12.0. The van der Waals surface area contributed by atoms with Crippen molar-refractivity contribution in [2.24, 2.45) is 5.92 Å². The quantitative estimate of drug-likeness (QED) is 0.854. The molecular formula is C16H22N2O2. The molecule has 0 aromatic heterocycles. The largest absolute Gasteiger partial charge is 0.312 e. The van der Waals surface area contributed by atoms with E-state index in [1.54, 1.807) is 0 Å². The van der Waals surface area contributed by atoms with E-state index < -0.39 is 0 Å². The van der Waals surface area contributed by atoms with E-state index in [-0.39, 0.29) is 23.8 Å². The Kier molecular flexibility index (Phi) is 4.23. The minimum Gasteiger partial charge on any atom is -0.312 e. The zero-order valence-electron chi connectivity index (χ0n) is 12.6. The molecule has 0 saturated carbocycles. The average molecular weight is 274 g/mol. The molecular weight excluding hydrogens is 252 g/mol. The van der Waals surface area contributed by atoms with Crippen molar-refractivity contribution in [3.05, 3.63) is 34.9 Å². The van der Waals surface area contributed by atoms with Crippen molar-refractivity contribution in [3.8, 4) is 0 Å². The molecule has 1 aliphatic rings. The van der Waals surface area contributed by atoms with Gasteiger partial charge in [-0.3, -0.25) is 14.5 Å². The van der Waals surface area contributed by atoms with Gasteiger partial charge in [0.2, 0.25) is 11.8 Å². The SMILES string of the molecule is CNC(CN1C(=O)CC(C)C1=O)c1cc(C)cc(C)c1. The molecule has 20 heavy (non-hydrogen) atoms. The Labute approximate surface area is 120 Å². The first-order valence-electron chi connectivity index (χ1n) is 7.02. The van der Waals surface area contributed by atoms with Gasteiger partial charge in [-0.2, -0.15) is 0 Å². The van der Waals surface area contributed by atoms with Crippen molar-refractivity contribution in [1.82, 2.24) is 10.2 Å². The van der Waals surface area contributed by atoms with Gasteiger partial charge in [-0.05, 0) is 26.5 Å². The van der Waals surface area contributed by atoms with Gasteiger partial charge >= 0.3 is 0 Å². The van der Waals surface area contributed by atoms with Crippen LogP contribution in [0.2, 0.25) is 0 Å². The van der Waals surface area contributed by atoms with Crippen molar-refractivity contribution >= 4 is 11.8 Å². The number of amides is 2. The van der Waals surface area contributed by atoms with Crippen molar-refractivity contribution in [3.63, 3.8) is 0 Å². The molecule has 1 N–H and O–H groups in total. The van der Waals surface area contributed by atoms with E-state index in [9.17, 15) is 9.59 Å². The lowest BCUT2D eigenvalue weighted by Gasteiger charge is -2.23. The van der Waals surface area contributed by atoms with Crippen LogP contribution in [0.4, 0.5) is 0 Å². The van der Waals surface area contributed by atoms with Gasteiger partial charge in [0.1, 0.15) is 0 Å². The number of imide groups is 1. The van der Waals surface area contributed by atoms with E-state index in [4.69, 9.17) is 0 Å². The number of likely N-dealkylation sites (N-methyl/N-ethyl adjacent to an activating group) is 1. The molecule has 0 spiro atoms. The zero-order chi connectivity index (χ0) is 14.9. The molecule has 2 atom stereocenters. The Morgan fingerprint density at radius 3 is 2.30 bits per heavy atom. The Morgan fingerprint density at radius 2 is 1.85 bits per heavy atom. The molecule has 2 amide bonds. The van der Waals surface area contributed by atoms with Crippen molar-refractivity contribution in [2.75, 3.05) is 13.6 Å². The lowest BCUT2D eigenvalue weighted by Crippen LogP contribution is -2.38. The third kappa shape index (κ3) is 2.90. The summed E-state index contributed by atoms with van der Waals surface area (Å²) < 4.78 is 0. The fraction of sp³-hybridized carbons (Fsp3) is 0.500. The van der Waals surface area contributed by atoms with Crippen molar-refractivity contribution in [1.29, 1.82) is 0 Å². The van der Waals surface area contributed by atoms with Gasteiger partial charge in [-0.1, -0.05) is 36.2 Å². The first-order valence-corrected chi connectivity index (χ1v) is 7.02. The Balaban J connectivity index is 2.21. The van der Waals surface area contributed by atoms with E-state index in [1.165, 1.54) is 16.0 Å². The highest BCUT2D eigenvalue weighted by molar-refractivity contribution is 6.03. The number of hydrogen-bond donors (Lipinski definition) is 1. The predicted octanol–water partition coefficient (Wildman–Crippen LogP) is 1.96. The molecule has 1 heterocycles. The van der Waals surface area contributed by atoms with Crippen LogP contribution in [0, 0.1) is 19.8 Å². The van der Waals surface area contributed by atoms with Crippen LogP contribution in [0.1, 0.15) is 36.1 Å². The van der Waals surface area contributed by atoms with E-state index in [1.807, 2.05) is 14.0 Å². The van der Waals surface area contributed by atoms with Gasteiger partial charge < -0.3 is 5.32 Å². The molecule has 1 aromatic rings. The summed E-state index contributed by atoms with van der Waals surface area (Å²) >= 11 is 0. The average Bonchev–Trinajstić information content (AvgIpc) is 2.60. The molecule has 108 valence electrons. The molecule has 1 aromatic carbocycles. The predicted molar refractivity (Wildman–Crippen MR) is 78.2 cm³/mol. The molecule has 4 nitrogen and oxygen atoms in total. The second kappa shape index (κ2) is 5.75. The molecule has 2 rings (SSSR count). The number of carbonyl (C=O) groups excluding carboxylic acids is 2. The number of aryl methyl sites for hydroxylation is 2. The van der Waals surface area contributed by atoms with Crippen LogP contribution >= 0.6 is 0 Å². The van der Waals surface area contributed by atoms with E-state index in [0.29, 0.717) is 13.0 Å². The summed E-state index contributed by atoms with van der Waals surface area (Å²) in [6, 6.07) is 6.29. The lowest BCUT2D eigenvalue weighted by atomic mass is 10.0. The van der Waals surface area contributed by atoms with Crippen LogP contribution in [0.15, 0.2) is 18.2 Å². The van der Waals surface area contributed by atoms with Crippen LogP contribution in [0.25, 0.3) is 0 Å². The standard InChI is InChI=1S/C16H22N2O2/c1-10-5-11(2)7-13(6-10)14(17-4)9-18-15(19)8-12(3)16(18)20/h5-7,12,14,17H,8-9H2,1-4H3. The van der Waals surface area contributed by atoms with Crippen LogP contribution in [0.3, 0.4) is 0 Å².